The number of carbonyl (C=O) groups excluding carboxylic acids is 1. The minimum Gasteiger partial charge on any atom is -0.515 e. The lowest BCUT2D eigenvalue weighted by molar-refractivity contribution is 0.0745. The Morgan fingerprint density at radius 1 is 1.58 bits per heavy atom. The summed E-state index contributed by atoms with van der Waals surface area (Å²) < 4.78 is 12.3. The van der Waals surface area contributed by atoms with E-state index in [9.17, 15) is 9.18 Å². The fraction of sp³-hybridized carbons (Fsp3) is 0.389. The van der Waals surface area contributed by atoms with E-state index in [1.54, 1.807) is 36.4 Å². The van der Waals surface area contributed by atoms with Gasteiger partial charge in [-0.05, 0) is 44.1 Å². The van der Waals surface area contributed by atoms with Crippen LogP contribution < -0.4 is 0 Å². The summed E-state index contributed by atoms with van der Waals surface area (Å²) in [6.45, 7) is 5.54. The number of hydrogen-bond acceptors (Lipinski definition) is 4. The van der Waals surface area contributed by atoms with Gasteiger partial charge in [-0.2, -0.15) is 0 Å². The number of alkyl halides is 1. The van der Waals surface area contributed by atoms with Gasteiger partial charge in [-0.25, -0.2) is 4.39 Å². The van der Waals surface area contributed by atoms with E-state index in [1.165, 1.54) is 0 Å². The summed E-state index contributed by atoms with van der Waals surface area (Å²) in [5.74, 6) is -0.0570. The number of nitrogens with zero attached hydrogens (tertiary/aromatic N) is 3. The van der Waals surface area contributed by atoms with Gasteiger partial charge in [0.05, 0.1) is 18.8 Å². The summed E-state index contributed by atoms with van der Waals surface area (Å²) in [6, 6.07) is 1.47. The van der Waals surface area contributed by atoms with Crippen LogP contribution in [0.4, 0.5) is 4.39 Å². The van der Waals surface area contributed by atoms with Crippen LogP contribution in [-0.2, 0) is 6.54 Å². The first-order valence-corrected chi connectivity index (χ1v) is 7.83. The second kappa shape index (κ2) is 7.86. The lowest BCUT2D eigenvalue weighted by Crippen LogP contribution is -2.35. The molecule has 128 valence electrons. The number of allylic oxidation sites excluding steroid dienone is 2. The summed E-state index contributed by atoms with van der Waals surface area (Å²) in [4.78, 5) is 22.7. The molecule has 0 saturated carbocycles. The maximum absolute atomic E-state index is 12.7. The zero-order valence-electron chi connectivity index (χ0n) is 14.2. The van der Waals surface area contributed by atoms with Crippen LogP contribution in [0, 0.1) is 6.92 Å². The maximum atomic E-state index is 12.7. The van der Waals surface area contributed by atoms with Gasteiger partial charge in [0.25, 0.3) is 5.91 Å². The highest BCUT2D eigenvalue weighted by atomic mass is 19.1. The molecule has 0 bridgehead atoms. The molecule has 0 radical (unpaired) electrons. The summed E-state index contributed by atoms with van der Waals surface area (Å²) >= 11 is 0. The van der Waals surface area contributed by atoms with Gasteiger partial charge in [0, 0.05) is 35.8 Å². The monoisotopic (exact) mass is 331 g/mol. The van der Waals surface area contributed by atoms with Gasteiger partial charge in [0.1, 0.15) is 6.67 Å². The Balaban J connectivity index is 2.31. The summed E-state index contributed by atoms with van der Waals surface area (Å²) in [5.41, 5.74) is 3.81. The number of aliphatic hydroxyl groups is 1. The van der Waals surface area contributed by atoms with Crippen molar-refractivity contribution in [2.45, 2.75) is 33.4 Å². The van der Waals surface area contributed by atoms with Crippen LogP contribution in [0.15, 0.2) is 40.7 Å². The predicted octanol–water partition coefficient (Wildman–Crippen LogP) is 3.16. The topological polar surface area (TPSA) is 65.8 Å². The summed E-state index contributed by atoms with van der Waals surface area (Å²) in [7, 11) is 0. The van der Waals surface area contributed by atoms with Crippen LogP contribution in [0.2, 0.25) is 0 Å². The molecule has 1 amide bonds. The van der Waals surface area contributed by atoms with E-state index < -0.39 is 6.67 Å². The number of carbonyl (C=O) groups is 1. The molecule has 0 spiro atoms. The standard InChI is InChI=1S/C18H22FN3O2/c1-12(11-23)8-15(9-20-7-5-19)14(3)22-10-17-13(2)21-6-4-16(17)18(22)24/h4,6,8-9,11,14,23H,5,7,10H2,1-3H3/b12-11+,15-8+,20-9-. The number of aliphatic imine (C=N–C) groups is 1. The van der Waals surface area contributed by atoms with Crippen molar-refractivity contribution < 1.29 is 14.3 Å². The third kappa shape index (κ3) is 3.69. The van der Waals surface area contributed by atoms with E-state index in [-0.39, 0.29) is 18.5 Å². The average molecular weight is 331 g/mol. The van der Waals surface area contributed by atoms with Crippen molar-refractivity contribution in [3.05, 3.63) is 52.6 Å². The molecule has 1 atom stereocenters. The van der Waals surface area contributed by atoms with Gasteiger partial charge in [0.15, 0.2) is 0 Å². The molecule has 6 heteroatoms. The van der Waals surface area contributed by atoms with Crippen LogP contribution in [0.25, 0.3) is 0 Å². The highest BCUT2D eigenvalue weighted by Gasteiger charge is 2.33. The SMILES string of the molecule is CC(/C=C(\C=N/CCF)C(C)N1Cc2c(ccnc2C)C1=O)=C\O. The van der Waals surface area contributed by atoms with Crippen molar-refractivity contribution >= 4 is 12.1 Å². The fourth-order valence-electron chi connectivity index (χ4n) is 2.67. The number of halogens is 1. The van der Waals surface area contributed by atoms with Crippen LogP contribution >= 0.6 is 0 Å². The van der Waals surface area contributed by atoms with Crippen LogP contribution in [-0.4, -0.2) is 46.4 Å². The smallest absolute Gasteiger partial charge is 0.255 e. The van der Waals surface area contributed by atoms with E-state index in [4.69, 9.17) is 5.11 Å². The van der Waals surface area contributed by atoms with Crippen molar-refractivity contribution in [3.8, 4) is 0 Å². The van der Waals surface area contributed by atoms with Crippen molar-refractivity contribution in [2.24, 2.45) is 4.99 Å². The molecule has 0 aliphatic carbocycles. The van der Waals surface area contributed by atoms with Gasteiger partial charge in [-0.1, -0.05) is 0 Å². The first-order valence-electron chi connectivity index (χ1n) is 7.83. The van der Waals surface area contributed by atoms with Crippen molar-refractivity contribution in [2.75, 3.05) is 13.2 Å². The maximum Gasteiger partial charge on any atom is 0.255 e. The first kappa shape index (κ1) is 17.8. The Kier molecular flexibility index (Phi) is 5.84. The minimum absolute atomic E-state index is 0.0570. The Morgan fingerprint density at radius 3 is 2.96 bits per heavy atom. The number of aromatic nitrogens is 1. The average Bonchev–Trinajstić information content (AvgIpc) is 2.92. The number of aryl methyl sites for hydroxylation is 1. The number of pyridine rings is 1. The van der Waals surface area contributed by atoms with Crippen LogP contribution in [0.5, 0.6) is 0 Å². The molecule has 1 aromatic heterocycles. The van der Waals surface area contributed by atoms with Gasteiger partial charge < -0.3 is 10.0 Å². The van der Waals surface area contributed by atoms with E-state index in [0.717, 1.165) is 23.1 Å². The molecule has 1 aliphatic heterocycles. The molecular formula is C18H22FN3O2. The molecule has 1 unspecified atom stereocenters. The van der Waals surface area contributed by atoms with Crippen molar-refractivity contribution in [3.63, 3.8) is 0 Å². The summed E-state index contributed by atoms with van der Waals surface area (Å²) in [5, 5.41) is 9.13. The van der Waals surface area contributed by atoms with Crippen molar-refractivity contribution in [1.82, 2.24) is 9.88 Å². The first-order chi connectivity index (χ1) is 11.5. The molecule has 2 heterocycles. The van der Waals surface area contributed by atoms with Gasteiger partial charge in [0.2, 0.25) is 0 Å². The molecule has 0 fully saturated rings. The van der Waals surface area contributed by atoms with E-state index in [1.807, 2.05) is 13.8 Å². The van der Waals surface area contributed by atoms with Gasteiger partial charge in [-0.3, -0.25) is 14.8 Å². The Bertz CT molecular complexity index is 710. The lowest BCUT2D eigenvalue weighted by Gasteiger charge is -2.25. The molecule has 0 saturated heterocycles. The second-order valence-electron chi connectivity index (χ2n) is 5.77. The number of hydrogen-bond donors (Lipinski definition) is 1. The van der Waals surface area contributed by atoms with Crippen LogP contribution in [0.1, 0.15) is 35.5 Å². The third-order valence-electron chi connectivity index (χ3n) is 4.09. The number of amides is 1. The Hall–Kier alpha value is -2.50. The largest absolute Gasteiger partial charge is 0.515 e. The third-order valence-corrected chi connectivity index (χ3v) is 4.09. The number of fused-ring (bicyclic) bond motifs is 1. The molecule has 1 aromatic rings. The fourth-order valence-corrected chi connectivity index (χ4v) is 2.67. The zero-order chi connectivity index (χ0) is 17.7. The van der Waals surface area contributed by atoms with E-state index in [2.05, 4.69) is 9.98 Å². The molecule has 24 heavy (non-hydrogen) atoms. The molecule has 1 aliphatic rings. The molecule has 5 nitrogen and oxygen atoms in total. The predicted molar refractivity (Wildman–Crippen MR) is 92.1 cm³/mol. The van der Waals surface area contributed by atoms with E-state index >= 15 is 0 Å². The highest BCUT2D eigenvalue weighted by molar-refractivity contribution is 5.99. The van der Waals surface area contributed by atoms with Crippen LogP contribution in [0.3, 0.4) is 0 Å². The molecule has 1 N–H and O–H groups in total. The summed E-state index contributed by atoms with van der Waals surface area (Å²) in [6.07, 6.45) is 5.94. The quantitative estimate of drug-likeness (QED) is 0.495. The minimum atomic E-state index is -0.536. The molecule has 2 rings (SSSR count). The lowest BCUT2D eigenvalue weighted by atomic mass is 10.1. The second-order valence-corrected chi connectivity index (χ2v) is 5.77. The Labute approximate surface area is 141 Å². The number of aliphatic hydroxyl groups excluding tert-OH is 1. The van der Waals surface area contributed by atoms with E-state index in [0.29, 0.717) is 17.7 Å². The zero-order valence-corrected chi connectivity index (χ0v) is 14.2. The highest BCUT2D eigenvalue weighted by Crippen LogP contribution is 2.28. The Morgan fingerprint density at radius 2 is 2.33 bits per heavy atom. The normalized spacial score (nSPS) is 16.8. The van der Waals surface area contributed by atoms with Gasteiger partial charge >= 0.3 is 0 Å². The molecule has 0 aromatic carbocycles. The van der Waals surface area contributed by atoms with Gasteiger partial charge in [-0.15, -0.1) is 0 Å². The molecular weight excluding hydrogens is 309 g/mol. The van der Waals surface area contributed by atoms with Crippen molar-refractivity contribution in [1.29, 1.82) is 0 Å². The number of rotatable bonds is 6.